The summed E-state index contributed by atoms with van der Waals surface area (Å²) in [5.41, 5.74) is 3.64. The highest BCUT2D eigenvalue weighted by Crippen LogP contribution is 2.13. The molecule has 0 saturated heterocycles. The fraction of sp³-hybridized carbons (Fsp3) is 0.389. The second-order valence-corrected chi connectivity index (χ2v) is 5.48. The Morgan fingerprint density at radius 3 is 2.52 bits per heavy atom. The van der Waals surface area contributed by atoms with Crippen molar-refractivity contribution in [2.24, 2.45) is 4.99 Å². The van der Waals surface area contributed by atoms with E-state index in [1.807, 2.05) is 13.8 Å². The minimum absolute atomic E-state index is 0. The second kappa shape index (κ2) is 9.60. The Morgan fingerprint density at radius 1 is 1.13 bits per heavy atom. The maximum Gasteiger partial charge on any atom is 0.191 e. The Morgan fingerprint density at radius 2 is 1.91 bits per heavy atom. The summed E-state index contributed by atoms with van der Waals surface area (Å²) in [6.07, 6.45) is 0. The number of hydrogen-bond acceptors (Lipinski definition) is 2. The van der Waals surface area contributed by atoms with Crippen molar-refractivity contribution in [2.75, 3.05) is 6.54 Å². The van der Waals surface area contributed by atoms with E-state index in [0.29, 0.717) is 13.1 Å². The van der Waals surface area contributed by atoms with E-state index >= 15 is 0 Å². The zero-order valence-electron chi connectivity index (χ0n) is 14.3. The van der Waals surface area contributed by atoms with E-state index < -0.39 is 0 Å². The SMILES string of the molecule is CCNC(=NCc1cccc(C)c1)NCc1cc(C)oc1C.I. The molecule has 2 rings (SSSR count). The number of aryl methyl sites for hydroxylation is 3. The van der Waals surface area contributed by atoms with Gasteiger partial charge >= 0.3 is 0 Å². The van der Waals surface area contributed by atoms with Crippen LogP contribution in [0.1, 0.15) is 35.1 Å². The van der Waals surface area contributed by atoms with Crippen molar-refractivity contribution in [2.45, 2.75) is 40.8 Å². The van der Waals surface area contributed by atoms with Crippen LogP contribution in [-0.4, -0.2) is 12.5 Å². The average molecular weight is 427 g/mol. The smallest absolute Gasteiger partial charge is 0.191 e. The number of rotatable bonds is 5. The fourth-order valence-corrected chi connectivity index (χ4v) is 2.36. The van der Waals surface area contributed by atoms with Crippen LogP contribution >= 0.6 is 24.0 Å². The summed E-state index contributed by atoms with van der Waals surface area (Å²) < 4.78 is 5.55. The molecule has 0 bridgehead atoms. The first kappa shape index (κ1) is 19.5. The highest BCUT2D eigenvalue weighted by molar-refractivity contribution is 14.0. The summed E-state index contributed by atoms with van der Waals surface area (Å²) in [5.74, 6) is 2.72. The maximum absolute atomic E-state index is 5.55. The van der Waals surface area contributed by atoms with Gasteiger partial charge in [-0.2, -0.15) is 0 Å². The van der Waals surface area contributed by atoms with Crippen LogP contribution in [0.25, 0.3) is 0 Å². The molecule has 5 heteroatoms. The predicted molar refractivity (Wildman–Crippen MR) is 106 cm³/mol. The lowest BCUT2D eigenvalue weighted by atomic mass is 10.1. The first-order valence-corrected chi connectivity index (χ1v) is 7.72. The van der Waals surface area contributed by atoms with Gasteiger partial charge in [0.1, 0.15) is 11.5 Å². The molecule has 4 nitrogen and oxygen atoms in total. The highest BCUT2D eigenvalue weighted by Gasteiger charge is 2.05. The molecule has 0 saturated carbocycles. The summed E-state index contributed by atoms with van der Waals surface area (Å²) in [7, 11) is 0. The van der Waals surface area contributed by atoms with Gasteiger partial charge < -0.3 is 15.1 Å². The van der Waals surface area contributed by atoms with Crippen molar-refractivity contribution in [3.63, 3.8) is 0 Å². The molecule has 1 aromatic heterocycles. The number of halogens is 1. The molecule has 0 amide bonds. The van der Waals surface area contributed by atoms with Gasteiger partial charge in [0, 0.05) is 18.7 Å². The lowest BCUT2D eigenvalue weighted by Crippen LogP contribution is -2.36. The molecule has 0 unspecified atom stereocenters. The zero-order valence-corrected chi connectivity index (χ0v) is 16.6. The van der Waals surface area contributed by atoms with Crippen molar-refractivity contribution < 1.29 is 4.42 Å². The highest BCUT2D eigenvalue weighted by atomic mass is 127. The molecule has 0 fully saturated rings. The molecular formula is C18H26IN3O. The normalized spacial score (nSPS) is 11.0. The van der Waals surface area contributed by atoms with Crippen LogP contribution in [0.5, 0.6) is 0 Å². The van der Waals surface area contributed by atoms with Gasteiger partial charge in [-0.3, -0.25) is 0 Å². The summed E-state index contributed by atoms with van der Waals surface area (Å²) in [4.78, 5) is 4.64. The monoisotopic (exact) mass is 427 g/mol. The zero-order chi connectivity index (χ0) is 15.9. The summed E-state index contributed by atoms with van der Waals surface area (Å²) in [5, 5.41) is 6.63. The van der Waals surface area contributed by atoms with E-state index in [-0.39, 0.29) is 24.0 Å². The number of benzene rings is 1. The molecule has 1 heterocycles. The summed E-state index contributed by atoms with van der Waals surface area (Å²) >= 11 is 0. The number of hydrogen-bond donors (Lipinski definition) is 2. The minimum Gasteiger partial charge on any atom is -0.466 e. The van der Waals surface area contributed by atoms with E-state index in [4.69, 9.17) is 4.42 Å². The van der Waals surface area contributed by atoms with Gasteiger partial charge in [0.2, 0.25) is 0 Å². The van der Waals surface area contributed by atoms with E-state index in [2.05, 4.69) is 59.8 Å². The molecule has 0 atom stereocenters. The molecule has 0 radical (unpaired) electrons. The Bertz CT molecular complexity index is 649. The van der Waals surface area contributed by atoms with Crippen molar-refractivity contribution in [1.82, 2.24) is 10.6 Å². The molecule has 2 aromatic rings. The lowest BCUT2D eigenvalue weighted by Gasteiger charge is -2.11. The van der Waals surface area contributed by atoms with Gasteiger partial charge in [-0.25, -0.2) is 4.99 Å². The molecule has 0 aliphatic heterocycles. The topological polar surface area (TPSA) is 49.6 Å². The van der Waals surface area contributed by atoms with Gasteiger partial charge in [0.05, 0.1) is 6.54 Å². The minimum atomic E-state index is 0. The third-order valence-corrected chi connectivity index (χ3v) is 3.44. The van der Waals surface area contributed by atoms with Crippen molar-refractivity contribution in [1.29, 1.82) is 0 Å². The van der Waals surface area contributed by atoms with E-state index in [1.54, 1.807) is 0 Å². The Labute approximate surface area is 155 Å². The van der Waals surface area contributed by atoms with Crippen LogP contribution in [-0.2, 0) is 13.1 Å². The number of guanidine groups is 1. The van der Waals surface area contributed by atoms with Crippen LogP contribution < -0.4 is 10.6 Å². The first-order chi connectivity index (χ1) is 10.6. The quantitative estimate of drug-likeness (QED) is 0.430. The van der Waals surface area contributed by atoms with Gasteiger partial charge in [-0.15, -0.1) is 24.0 Å². The number of nitrogens with one attached hydrogen (secondary N) is 2. The summed E-state index contributed by atoms with van der Waals surface area (Å²) in [6, 6.07) is 10.5. The maximum atomic E-state index is 5.55. The van der Waals surface area contributed by atoms with Gasteiger partial charge in [-0.05, 0) is 39.3 Å². The average Bonchev–Trinajstić information content (AvgIpc) is 2.80. The molecule has 0 spiro atoms. The Kier molecular flexibility index (Phi) is 8.16. The second-order valence-electron chi connectivity index (χ2n) is 5.48. The van der Waals surface area contributed by atoms with Gasteiger partial charge in [-0.1, -0.05) is 29.8 Å². The fourth-order valence-electron chi connectivity index (χ4n) is 2.36. The third kappa shape index (κ3) is 6.25. The summed E-state index contributed by atoms with van der Waals surface area (Å²) in [6.45, 7) is 10.3. The van der Waals surface area contributed by atoms with Crippen LogP contribution in [0.4, 0.5) is 0 Å². The molecular weight excluding hydrogens is 401 g/mol. The number of furan rings is 1. The molecule has 126 valence electrons. The molecule has 2 N–H and O–H groups in total. The van der Waals surface area contributed by atoms with Crippen LogP contribution in [0.3, 0.4) is 0 Å². The molecule has 23 heavy (non-hydrogen) atoms. The van der Waals surface area contributed by atoms with E-state index in [9.17, 15) is 0 Å². The standard InChI is InChI=1S/C18H25N3O.HI/c1-5-19-18(20-11-16-8-6-7-13(2)9-16)21-12-17-10-14(3)22-15(17)4;/h6-10H,5,11-12H2,1-4H3,(H2,19,20,21);1H. The van der Waals surface area contributed by atoms with Crippen molar-refractivity contribution in [3.05, 3.63) is 58.5 Å². The predicted octanol–water partition coefficient (Wildman–Crippen LogP) is 4.08. The van der Waals surface area contributed by atoms with Gasteiger partial charge in [0.15, 0.2) is 5.96 Å². The molecule has 0 aliphatic carbocycles. The number of nitrogens with zero attached hydrogens (tertiary/aromatic N) is 1. The lowest BCUT2D eigenvalue weighted by molar-refractivity contribution is 0.500. The van der Waals surface area contributed by atoms with Crippen molar-refractivity contribution >= 4 is 29.9 Å². The van der Waals surface area contributed by atoms with E-state index in [0.717, 1.165) is 24.0 Å². The number of aliphatic imine (C=N–C) groups is 1. The first-order valence-electron chi connectivity index (χ1n) is 7.72. The van der Waals surface area contributed by atoms with Crippen LogP contribution in [0.15, 0.2) is 39.7 Å². The molecule has 0 aliphatic rings. The van der Waals surface area contributed by atoms with Crippen LogP contribution in [0, 0.1) is 20.8 Å². The Balaban J connectivity index is 0.00000264. The van der Waals surface area contributed by atoms with Crippen LogP contribution in [0.2, 0.25) is 0 Å². The Hall–Kier alpha value is -1.50. The van der Waals surface area contributed by atoms with Gasteiger partial charge in [0.25, 0.3) is 0 Å². The van der Waals surface area contributed by atoms with E-state index in [1.165, 1.54) is 16.7 Å². The van der Waals surface area contributed by atoms with Crippen molar-refractivity contribution in [3.8, 4) is 0 Å². The third-order valence-electron chi connectivity index (χ3n) is 3.44. The molecule has 1 aromatic carbocycles. The largest absolute Gasteiger partial charge is 0.466 e.